The standard InChI is InChI=1S/C28H22F6O/c1-4-6-20-14-19(18-10-8-17(3)9-11-18)12-13-23(20)26(31)25(30)22-15-21(7-5-2)27(24(29)16-22)35-28(32,33)34/h4-5,8-16H,1-2,6-7H2,3H3/b26-25+. The molecule has 0 aliphatic carbocycles. The highest BCUT2D eigenvalue weighted by Gasteiger charge is 2.34. The zero-order valence-corrected chi connectivity index (χ0v) is 18.9. The van der Waals surface area contributed by atoms with E-state index in [1.807, 2.05) is 31.2 Å². The number of rotatable bonds is 8. The van der Waals surface area contributed by atoms with Gasteiger partial charge in [0.2, 0.25) is 0 Å². The van der Waals surface area contributed by atoms with E-state index in [0.29, 0.717) is 11.6 Å². The molecule has 0 aliphatic heterocycles. The molecule has 0 bridgehead atoms. The summed E-state index contributed by atoms with van der Waals surface area (Å²) in [7, 11) is 0. The molecule has 0 saturated heterocycles. The third-order valence-corrected chi connectivity index (χ3v) is 5.24. The minimum atomic E-state index is -5.16. The molecule has 0 spiro atoms. The van der Waals surface area contributed by atoms with Crippen LogP contribution in [0.1, 0.15) is 27.8 Å². The third kappa shape index (κ3) is 6.23. The van der Waals surface area contributed by atoms with Gasteiger partial charge in [-0.15, -0.1) is 26.3 Å². The Morgan fingerprint density at radius 1 is 0.829 bits per heavy atom. The minimum Gasteiger partial charge on any atom is -0.402 e. The molecule has 0 atom stereocenters. The van der Waals surface area contributed by atoms with E-state index in [1.54, 1.807) is 12.1 Å². The Labute approximate surface area is 199 Å². The van der Waals surface area contributed by atoms with Crippen LogP contribution >= 0.6 is 0 Å². The van der Waals surface area contributed by atoms with Crippen LogP contribution in [-0.2, 0) is 12.8 Å². The summed E-state index contributed by atoms with van der Waals surface area (Å²) in [6, 6.07) is 13.8. The van der Waals surface area contributed by atoms with Gasteiger partial charge in [0, 0.05) is 16.7 Å². The van der Waals surface area contributed by atoms with Crippen LogP contribution in [-0.4, -0.2) is 6.36 Å². The highest BCUT2D eigenvalue weighted by Crippen LogP contribution is 2.37. The predicted molar refractivity (Wildman–Crippen MR) is 127 cm³/mol. The molecule has 0 heterocycles. The molecule has 7 heteroatoms. The number of ether oxygens (including phenoxy) is 1. The van der Waals surface area contributed by atoms with Crippen molar-refractivity contribution in [2.45, 2.75) is 26.1 Å². The van der Waals surface area contributed by atoms with Crippen LogP contribution in [0.2, 0.25) is 0 Å². The van der Waals surface area contributed by atoms with Crippen LogP contribution in [0.4, 0.5) is 26.3 Å². The largest absolute Gasteiger partial charge is 0.573 e. The smallest absolute Gasteiger partial charge is 0.402 e. The summed E-state index contributed by atoms with van der Waals surface area (Å²) in [6.45, 7) is 9.01. The average molecular weight is 488 g/mol. The normalized spacial score (nSPS) is 12.2. The molecule has 0 amide bonds. The van der Waals surface area contributed by atoms with E-state index in [4.69, 9.17) is 0 Å². The Morgan fingerprint density at radius 3 is 2.03 bits per heavy atom. The number of alkyl halides is 3. The summed E-state index contributed by atoms with van der Waals surface area (Å²) in [5.74, 6) is -5.27. The SMILES string of the molecule is C=CCc1cc(-c2ccc(C)cc2)ccc1/C(F)=C(\F)c1cc(F)c(OC(F)(F)F)c(CC=C)c1. The number of hydrogen-bond acceptors (Lipinski definition) is 1. The van der Waals surface area contributed by atoms with E-state index >= 15 is 8.78 Å². The Morgan fingerprint density at radius 2 is 1.43 bits per heavy atom. The summed E-state index contributed by atoms with van der Waals surface area (Å²) in [4.78, 5) is 0. The zero-order chi connectivity index (χ0) is 25.8. The number of benzene rings is 3. The van der Waals surface area contributed by atoms with Crippen molar-refractivity contribution < 1.29 is 31.1 Å². The molecule has 35 heavy (non-hydrogen) atoms. The van der Waals surface area contributed by atoms with Gasteiger partial charge in [-0.2, -0.15) is 0 Å². The van der Waals surface area contributed by atoms with Gasteiger partial charge in [-0.1, -0.05) is 60.2 Å². The molecular weight excluding hydrogens is 466 g/mol. The average Bonchev–Trinajstić information content (AvgIpc) is 2.80. The van der Waals surface area contributed by atoms with E-state index in [1.165, 1.54) is 18.2 Å². The monoisotopic (exact) mass is 488 g/mol. The van der Waals surface area contributed by atoms with E-state index in [2.05, 4.69) is 17.9 Å². The fourth-order valence-electron chi connectivity index (χ4n) is 3.62. The van der Waals surface area contributed by atoms with Crippen molar-refractivity contribution in [2.75, 3.05) is 0 Å². The third-order valence-electron chi connectivity index (χ3n) is 5.24. The molecular formula is C28H22F6O. The fraction of sp³-hybridized carbons (Fsp3) is 0.143. The summed E-state index contributed by atoms with van der Waals surface area (Å²) < 4.78 is 86.8. The molecule has 3 aromatic rings. The molecule has 0 radical (unpaired) electrons. The van der Waals surface area contributed by atoms with Gasteiger partial charge in [-0.25, -0.2) is 13.2 Å². The maximum absolute atomic E-state index is 15.3. The van der Waals surface area contributed by atoms with Crippen molar-refractivity contribution in [3.63, 3.8) is 0 Å². The van der Waals surface area contributed by atoms with Crippen molar-refractivity contribution >= 4 is 11.7 Å². The molecule has 0 fully saturated rings. The van der Waals surface area contributed by atoms with Crippen molar-refractivity contribution in [2.24, 2.45) is 0 Å². The van der Waals surface area contributed by atoms with E-state index in [0.717, 1.165) is 22.8 Å². The van der Waals surface area contributed by atoms with Crippen molar-refractivity contribution in [3.05, 3.63) is 114 Å². The molecule has 0 N–H and O–H groups in total. The topological polar surface area (TPSA) is 9.23 Å². The fourth-order valence-corrected chi connectivity index (χ4v) is 3.62. The first-order chi connectivity index (χ1) is 16.5. The lowest BCUT2D eigenvalue weighted by molar-refractivity contribution is -0.275. The first-order valence-electron chi connectivity index (χ1n) is 10.6. The lowest BCUT2D eigenvalue weighted by Gasteiger charge is -2.15. The van der Waals surface area contributed by atoms with Crippen LogP contribution in [0.5, 0.6) is 5.75 Å². The van der Waals surface area contributed by atoms with E-state index in [-0.39, 0.29) is 24.0 Å². The van der Waals surface area contributed by atoms with Gasteiger partial charge in [0.25, 0.3) is 0 Å². The Kier molecular flexibility index (Phi) is 7.89. The van der Waals surface area contributed by atoms with Gasteiger partial charge in [0.1, 0.15) is 0 Å². The van der Waals surface area contributed by atoms with E-state index < -0.39 is 35.1 Å². The van der Waals surface area contributed by atoms with Crippen LogP contribution in [0.3, 0.4) is 0 Å². The molecule has 0 unspecified atom stereocenters. The van der Waals surface area contributed by atoms with Gasteiger partial charge >= 0.3 is 6.36 Å². The van der Waals surface area contributed by atoms with E-state index in [9.17, 15) is 17.6 Å². The molecule has 182 valence electrons. The minimum absolute atomic E-state index is 0.0699. The molecule has 3 rings (SSSR count). The number of allylic oxidation sites excluding steroid dienone is 2. The summed E-state index contributed by atoms with van der Waals surface area (Å²) in [5.41, 5.74) is 2.23. The second-order valence-electron chi connectivity index (χ2n) is 7.85. The second kappa shape index (κ2) is 10.7. The summed E-state index contributed by atoms with van der Waals surface area (Å²) in [5, 5.41) is 0. The highest BCUT2D eigenvalue weighted by atomic mass is 19.4. The first kappa shape index (κ1) is 25.9. The zero-order valence-electron chi connectivity index (χ0n) is 18.9. The van der Waals surface area contributed by atoms with Crippen molar-refractivity contribution in [1.29, 1.82) is 0 Å². The Bertz CT molecular complexity index is 1270. The highest BCUT2D eigenvalue weighted by molar-refractivity contribution is 5.85. The summed E-state index contributed by atoms with van der Waals surface area (Å²) in [6.07, 6.45) is -2.45. The van der Waals surface area contributed by atoms with Gasteiger partial charge in [0.15, 0.2) is 23.2 Å². The summed E-state index contributed by atoms with van der Waals surface area (Å²) >= 11 is 0. The van der Waals surface area contributed by atoms with Gasteiger partial charge in [0.05, 0.1) is 0 Å². The van der Waals surface area contributed by atoms with Crippen LogP contribution < -0.4 is 4.74 Å². The molecule has 3 aromatic carbocycles. The van der Waals surface area contributed by atoms with Crippen LogP contribution in [0.25, 0.3) is 22.8 Å². The van der Waals surface area contributed by atoms with Crippen molar-refractivity contribution in [1.82, 2.24) is 0 Å². The van der Waals surface area contributed by atoms with Crippen molar-refractivity contribution in [3.8, 4) is 16.9 Å². The second-order valence-corrected chi connectivity index (χ2v) is 7.85. The molecule has 0 saturated carbocycles. The quantitative estimate of drug-likeness (QED) is 0.175. The predicted octanol–water partition coefficient (Wildman–Crippen LogP) is 8.92. The lowest BCUT2D eigenvalue weighted by atomic mass is 9.95. The number of halogens is 6. The van der Waals surface area contributed by atoms with Gasteiger partial charge < -0.3 is 4.74 Å². The van der Waals surface area contributed by atoms with Crippen LogP contribution in [0.15, 0.2) is 79.9 Å². The Balaban J connectivity index is 2.10. The lowest BCUT2D eigenvalue weighted by Crippen LogP contribution is -2.19. The maximum atomic E-state index is 15.3. The van der Waals surface area contributed by atoms with Gasteiger partial charge in [-0.05, 0) is 48.6 Å². The number of aryl methyl sites for hydroxylation is 1. The Hall–Kier alpha value is -3.74. The maximum Gasteiger partial charge on any atom is 0.573 e. The molecule has 0 aliphatic rings. The first-order valence-corrected chi connectivity index (χ1v) is 10.6. The molecule has 0 aromatic heterocycles. The van der Waals surface area contributed by atoms with Gasteiger partial charge in [-0.3, -0.25) is 0 Å². The van der Waals surface area contributed by atoms with Crippen LogP contribution in [0, 0.1) is 12.7 Å². The molecule has 1 nitrogen and oxygen atoms in total. The number of hydrogen-bond donors (Lipinski definition) is 0.